The fourth-order valence-corrected chi connectivity index (χ4v) is 3.55. The molecule has 128 valence electrons. The molecule has 0 radical (unpaired) electrons. The maximum absolute atomic E-state index is 13.1. The molecule has 1 aliphatic heterocycles. The van der Waals surface area contributed by atoms with Crippen molar-refractivity contribution in [3.63, 3.8) is 0 Å². The lowest BCUT2D eigenvalue weighted by atomic mass is 9.73. The number of hydrogen-bond acceptors (Lipinski definition) is 3. The van der Waals surface area contributed by atoms with Gasteiger partial charge in [-0.15, -0.1) is 0 Å². The first-order valence-corrected chi connectivity index (χ1v) is 8.12. The largest absolute Gasteiger partial charge is 0.325 e. The second-order valence-corrected chi connectivity index (χ2v) is 6.50. The summed E-state index contributed by atoms with van der Waals surface area (Å²) in [4.78, 5) is 38.0. The van der Waals surface area contributed by atoms with Crippen LogP contribution in [0.2, 0.25) is 0 Å². The topological polar surface area (TPSA) is 78.5 Å². The number of hydrogen-bond donors (Lipinski definition) is 2. The summed E-state index contributed by atoms with van der Waals surface area (Å²) in [6, 6.07) is 4.91. The number of benzene rings is 1. The number of carbonyl (C=O) groups excluding carboxylic acids is 3. The summed E-state index contributed by atoms with van der Waals surface area (Å²) >= 11 is 0. The van der Waals surface area contributed by atoms with Gasteiger partial charge in [-0.2, -0.15) is 0 Å². The monoisotopic (exact) mass is 333 g/mol. The molecule has 0 bridgehead atoms. The van der Waals surface area contributed by atoms with Gasteiger partial charge in [0.05, 0.1) is 0 Å². The van der Waals surface area contributed by atoms with E-state index in [0.717, 1.165) is 24.2 Å². The Kier molecular flexibility index (Phi) is 4.26. The molecular weight excluding hydrogens is 313 g/mol. The summed E-state index contributed by atoms with van der Waals surface area (Å²) in [5.74, 6) is -1.31. The summed E-state index contributed by atoms with van der Waals surface area (Å²) < 4.78 is 13.1. The number of halogens is 1. The summed E-state index contributed by atoms with van der Waals surface area (Å²) in [5.41, 5.74) is -0.595. The van der Waals surface area contributed by atoms with Gasteiger partial charge < -0.3 is 10.6 Å². The van der Waals surface area contributed by atoms with Crippen molar-refractivity contribution in [2.75, 3.05) is 11.9 Å². The van der Waals surface area contributed by atoms with Crippen molar-refractivity contribution in [3.8, 4) is 0 Å². The molecule has 6 nitrogen and oxygen atoms in total. The Morgan fingerprint density at radius 3 is 2.92 bits per heavy atom. The van der Waals surface area contributed by atoms with Crippen molar-refractivity contribution in [1.29, 1.82) is 0 Å². The number of amides is 4. The van der Waals surface area contributed by atoms with Gasteiger partial charge in [0.25, 0.3) is 5.91 Å². The highest BCUT2D eigenvalue weighted by molar-refractivity contribution is 6.10. The van der Waals surface area contributed by atoms with Gasteiger partial charge in [-0.3, -0.25) is 14.5 Å². The standard InChI is InChI=1S/C17H20FN3O3/c1-11-5-2-3-8-17(11)15(23)21(16(24)20-17)10-14(22)19-13-7-4-6-12(18)9-13/h4,6-7,9,11H,2-3,5,8,10H2,1H3,(H,19,22)(H,20,24)/t11-,17-/m0/s1. The van der Waals surface area contributed by atoms with E-state index >= 15 is 0 Å². The van der Waals surface area contributed by atoms with E-state index in [1.165, 1.54) is 24.3 Å². The molecule has 1 saturated heterocycles. The lowest BCUT2D eigenvalue weighted by Crippen LogP contribution is -2.54. The van der Waals surface area contributed by atoms with Crippen molar-refractivity contribution in [2.45, 2.75) is 38.1 Å². The smallest absolute Gasteiger partial charge is 0.324 e. The molecule has 1 aliphatic carbocycles. The lowest BCUT2D eigenvalue weighted by molar-refractivity contribution is -0.136. The minimum atomic E-state index is -0.880. The van der Waals surface area contributed by atoms with Crippen LogP contribution in [0.4, 0.5) is 14.9 Å². The highest BCUT2D eigenvalue weighted by atomic mass is 19.1. The Morgan fingerprint density at radius 1 is 1.42 bits per heavy atom. The molecule has 4 amide bonds. The Balaban J connectivity index is 1.70. The maximum atomic E-state index is 13.1. The Morgan fingerprint density at radius 2 is 2.21 bits per heavy atom. The first-order chi connectivity index (χ1) is 11.4. The van der Waals surface area contributed by atoms with Gasteiger partial charge in [-0.05, 0) is 37.0 Å². The number of urea groups is 1. The van der Waals surface area contributed by atoms with Gasteiger partial charge in [0.1, 0.15) is 17.9 Å². The third-order valence-corrected chi connectivity index (χ3v) is 4.91. The van der Waals surface area contributed by atoms with Gasteiger partial charge in [-0.25, -0.2) is 9.18 Å². The van der Waals surface area contributed by atoms with Crippen molar-refractivity contribution < 1.29 is 18.8 Å². The molecule has 1 aromatic carbocycles. The molecule has 2 N–H and O–H groups in total. The highest BCUT2D eigenvalue weighted by Crippen LogP contribution is 2.38. The summed E-state index contributed by atoms with van der Waals surface area (Å²) in [7, 11) is 0. The maximum Gasteiger partial charge on any atom is 0.325 e. The summed E-state index contributed by atoms with van der Waals surface area (Å²) in [6.45, 7) is 1.57. The molecule has 2 fully saturated rings. The summed E-state index contributed by atoms with van der Waals surface area (Å²) in [5, 5.41) is 5.30. The van der Waals surface area contributed by atoms with E-state index in [1.54, 1.807) is 0 Å². The van der Waals surface area contributed by atoms with Gasteiger partial charge >= 0.3 is 6.03 Å². The van der Waals surface area contributed by atoms with E-state index in [-0.39, 0.29) is 24.1 Å². The molecule has 0 unspecified atom stereocenters. The average Bonchev–Trinajstić information content (AvgIpc) is 2.75. The molecule has 1 saturated carbocycles. The third-order valence-electron chi connectivity index (χ3n) is 4.91. The van der Waals surface area contributed by atoms with E-state index in [4.69, 9.17) is 0 Å². The van der Waals surface area contributed by atoms with Gasteiger partial charge in [-0.1, -0.05) is 25.8 Å². The minimum absolute atomic E-state index is 0.0407. The van der Waals surface area contributed by atoms with Crippen LogP contribution in [0, 0.1) is 11.7 Å². The van der Waals surface area contributed by atoms with Crippen LogP contribution in [0.1, 0.15) is 32.6 Å². The van der Waals surface area contributed by atoms with E-state index in [0.29, 0.717) is 6.42 Å². The molecule has 7 heteroatoms. The molecule has 2 aliphatic rings. The molecule has 1 aromatic rings. The van der Waals surface area contributed by atoms with E-state index < -0.39 is 23.3 Å². The van der Waals surface area contributed by atoms with Crippen molar-refractivity contribution >= 4 is 23.5 Å². The van der Waals surface area contributed by atoms with E-state index in [2.05, 4.69) is 10.6 Å². The zero-order valence-electron chi connectivity index (χ0n) is 13.5. The second-order valence-electron chi connectivity index (χ2n) is 6.50. The number of imide groups is 1. The number of rotatable bonds is 3. The van der Waals surface area contributed by atoms with Crippen molar-refractivity contribution in [1.82, 2.24) is 10.2 Å². The normalized spacial score (nSPS) is 26.6. The molecule has 24 heavy (non-hydrogen) atoms. The van der Waals surface area contributed by atoms with Crippen LogP contribution in [0.15, 0.2) is 24.3 Å². The van der Waals surface area contributed by atoms with Crippen LogP contribution in [0.3, 0.4) is 0 Å². The molecule has 0 aromatic heterocycles. The Hall–Kier alpha value is -2.44. The van der Waals surface area contributed by atoms with Crippen LogP contribution < -0.4 is 10.6 Å². The Bertz CT molecular complexity index is 693. The fourth-order valence-electron chi connectivity index (χ4n) is 3.55. The molecule has 2 atom stereocenters. The van der Waals surface area contributed by atoms with E-state index in [1.807, 2.05) is 6.92 Å². The first kappa shape index (κ1) is 16.4. The minimum Gasteiger partial charge on any atom is -0.324 e. The SMILES string of the molecule is C[C@H]1CCCC[C@]12NC(=O)N(CC(=O)Nc1cccc(F)c1)C2=O. The van der Waals surface area contributed by atoms with E-state index in [9.17, 15) is 18.8 Å². The number of carbonyl (C=O) groups is 3. The van der Waals surface area contributed by atoms with Crippen LogP contribution in [0.5, 0.6) is 0 Å². The molecular formula is C17H20FN3O3. The predicted molar refractivity (Wildman–Crippen MR) is 85.6 cm³/mol. The van der Waals surface area contributed by atoms with Gasteiger partial charge in [0, 0.05) is 5.69 Å². The number of anilines is 1. The number of nitrogens with zero attached hydrogens (tertiary/aromatic N) is 1. The highest BCUT2D eigenvalue weighted by Gasteiger charge is 2.55. The van der Waals surface area contributed by atoms with Crippen LogP contribution in [0.25, 0.3) is 0 Å². The molecule has 1 heterocycles. The van der Waals surface area contributed by atoms with Crippen LogP contribution in [-0.4, -0.2) is 34.8 Å². The molecule has 1 spiro atoms. The summed E-state index contributed by atoms with van der Waals surface area (Å²) in [6.07, 6.45) is 3.38. The van der Waals surface area contributed by atoms with Gasteiger partial charge in [0.15, 0.2) is 0 Å². The first-order valence-electron chi connectivity index (χ1n) is 8.12. The average molecular weight is 333 g/mol. The quantitative estimate of drug-likeness (QED) is 0.833. The zero-order valence-corrected chi connectivity index (χ0v) is 13.5. The lowest BCUT2D eigenvalue weighted by Gasteiger charge is -2.36. The Labute approximate surface area is 139 Å². The molecule has 3 rings (SSSR count). The van der Waals surface area contributed by atoms with Crippen LogP contribution >= 0.6 is 0 Å². The predicted octanol–water partition coefficient (Wildman–Crippen LogP) is 2.26. The number of nitrogens with one attached hydrogen (secondary N) is 2. The van der Waals surface area contributed by atoms with Crippen molar-refractivity contribution in [3.05, 3.63) is 30.1 Å². The zero-order chi connectivity index (χ0) is 17.3. The van der Waals surface area contributed by atoms with Crippen LogP contribution in [-0.2, 0) is 9.59 Å². The van der Waals surface area contributed by atoms with Gasteiger partial charge in [0.2, 0.25) is 5.91 Å². The fraction of sp³-hybridized carbons (Fsp3) is 0.471. The third kappa shape index (κ3) is 2.86. The second kappa shape index (κ2) is 6.22. The van der Waals surface area contributed by atoms with Crippen molar-refractivity contribution in [2.24, 2.45) is 5.92 Å².